The van der Waals surface area contributed by atoms with Crippen molar-refractivity contribution in [3.63, 3.8) is 0 Å². The van der Waals surface area contributed by atoms with Crippen LogP contribution in [-0.4, -0.2) is 24.5 Å². The molecule has 9 heteroatoms. The quantitative estimate of drug-likeness (QED) is 0.730. The maximum Gasteiger partial charge on any atom is 0.279 e. The molecular formula is C17H15Cl2FN2O4. The van der Waals surface area contributed by atoms with E-state index in [1.807, 2.05) is 0 Å². The van der Waals surface area contributed by atoms with Gasteiger partial charge in [-0.2, -0.15) is 0 Å². The molecule has 1 atom stereocenters. The van der Waals surface area contributed by atoms with E-state index in [-0.39, 0.29) is 17.4 Å². The minimum absolute atomic E-state index is 0.260. The normalized spacial score (nSPS) is 11.4. The molecule has 0 saturated heterocycles. The zero-order valence-corrected chi connectivity index (χ0v) is 15.1. The van der Waals surface area contributed by atoms with Crippen molar-refractivity contribution in [2.45, 2.75) is 13.0 Å². The summed E-state index contributed by atoms with van der Waals surface area (Å²) in [4.78, 5) is 23.6. The molecule has 26 heavy (non-hydrogen) atoms. The standard InChI is InChI=1S/C17H15Cl2FN2O4/c1-10(26-13-5-3-12(20)4-6-13)17(24)22-21-16(23)9-25-15-7-2-11(18)8-14(15)19/h2-8,10H,9H2,1H3,(H,21,23)(H,22,24)/t10-/m0/s1. The molecule has 2 aromatic carbocycles. The number of carbonyl (C=O) groups is 2. The molecule has 0 radical (unpaired) electrons. The molecule has 0 aliphatic rings. The van der Waals surface area contributed by atoms with Crippen molar-refractivity contribution in [1.29, 1.82) is 0 Å². The second kappa shape index (κ2) is 9.26. The largest absolute Gasteiger partial charge is 0.482 e. The van der Waals surface area contributed by atoms with Crippen molar-refractivity contribution >= 4 is 35.0 Å². The lowest BCUT2D eigenvalue weighted by Gasteiger charge is -2.15. The predicted molar refractivity (Wildman–Crippen MR) is 94.7 cm³/mol. The number of rotatable bonds is 6. The maximum absolute atomic E-state index is 12.8. The fourth-order valence-corrected chi connectivity index (χ4v) is 2.24. The van der Waals surface area contributed by atoms with Gasteiger partial charge in [0.05, 0.1) is 5.02 Å². The molecule has 0 saturated carbocycles. The van der Waals surface area contributed by atoms with E-state index in [2.05, 4.69) is 10.9 Å². The number of carbonyl (C=O) groups excluding carboxylic acids is 2. The first-order valence-electron chi connectivity index (χ1n) is 7.44. The van der Waals surface area contributed by atoms with Gasteiger partial charge in [0.2, 0.25) is 0 Å². The van der Waals surface area contributed by atoms with Crippen LogP contribution in [0.1, 0.15) is 6.92 Å². The molecule has 0 heterocycles. The van der Waals surface area contributed by atoms with E-state index >= 15 is 0 Å². The van der Waals surface area contributed by atoms with Gasteiger partial charge >= 0.3 is 0 Å². The molecule has 0 spiro atoms. The Morgan fingerprint density at radius 1 is 1.12 bits per heavy atom. The van der Waals surface area contributed by atoms with Gasteiger partial charge in [-0.1, -0.05) is 23.2 Å². The molecule has 138 valence electrons. The Bertz CT molecular complexity index is 787. The Morgan fingerprint density at radius 3 is 2.46 bits per heavy atom. The fraction of sp³-hybridized carbons (Fsp3) is 0.176. The molecule has 0 aromatic heterocycles. The van der Waals surface area contributed by atoms with Gasteiger partial charge in [0.25, 0.3) is 11.8 Å². The molecule has 0 aliphatic carbocycles. The first-order chi connectivity index (χ1) is 12.3. The van der Waals surface area contributed by atoms with E-state index in [4.69, 9.17) is 32.7 Å². The van der Waals surface area contributed by atoms with E-state index in [1.54, 1.807) is 6.07 Å². The van der Waals surface area contributed by atoms with Crippen molar-refractivity contribution in [3.05, 3.63) is 58.3 Å². The van der Waals surface area contributed by atoms with Crippen LogP contribution in [0.25, 0.3) is 0 Å². The SMILES string of the molecule is C[C@H](Oc1ccc(F)cc1)C(=O)NNC(=O)COc1ccc(Cl)cc1Cl. The van der Waals surface area contributed by atoms with Crippen LogP contribution >= 0.6 is 23.2 Å². The number of hydrazine groups is 1. The lowest BCUT2D eigenvalue weighted by atomic mass is 10.3. The first kappa shape index (κ1) is 19.8. The summed E-state index contributed by atoms with van der Waals surface area (Å²) in [5.74, 6) is -1.00. The molecule has 2 aromatic rings. The van der Waals surface area contributed by atoms with E-state index in [0.717, 1.165) is 0 Å². The molecule has 0 unspecified atom stereocenters. The van der Waals surface area contributed by atoms with Crippen LogP contribution in [0.3, 0.4) is 0 Å². The van der Waals surface area contributed by atoms with Gasteiger partial charge in [-0.25, -0.2) is 4.39 Å². The molecule has 2 N–H and O–H groups in total. The van der Waals surface area contributed by atoms with Crippen LogP contribution in [-0.2, 0) is 9.59 Å². The molecule has 0 fully saturated rings. The minimum atomic E-state index is -0.910. The topological polar surface area (TPSA) is 76.7 Å². The number of amides is 2. The van der Waals surface area contributed by atoms with Crippen molar-refractivity contribution < 1.29 is 23.5 Å². The van der Waals surface area contributed by atoms with Crippen LogP contribution in [0, 0.1) is 5.82 Å². The monoisotopic (exact) mass is 400 g/mol. The minimum Gasteiger partial charge on any atom is -0.482 e. The van der Waals surface area contributed by atoms with Gasteiger partial charge in [-0.3, -0.25) is 20.4 Å². The van der Waals surface area contributed by atoms with Gasteiger partial charge in [0.15, 0.2) is 12.7 Å². The third kappa shape index (κ3) is 6.09. The Morgan fingerprint density at radius 2 is 1.81 bits per heavy atom. The van der Waals surface area contributed by atoms with Gasteiger partial charge in [-0.05, 0) is 49.4 Å². The van der Waals surface area contributed by atoms with Crippen LogP contribution in [0.5, 0.6) is 11.5 Å². The number of ether oxygens (including phenoxy) is 2. The average molecular weight is 401 g/mol. The smallest absolute Gasteiger partial charge is 0.279 e. The fourth-order valence-electron chi connectivity index (χ4n) is 1.78. The van der Waals surface area contributed by atoms with Crippen molar-refractivity contribution in [3.8, 4) is 11.5 Å². The number of nitrogens with one attached hydrogen (secondary N) is 2. The summed E-state index contributed by atoms with van der Waals surface area (Å²) in [7, 11) is 0. The highest BCUT2D eigenvalue weighted by atomic mass is 35.5. The number of hydrogen-bond acceptors (Lipinski definition) is 4. The third-order valence-corrected chi connectivity index (χ3v) is 3.60. The van der Waals surface area contributed by atoms with Gasteiger partial charge in [0.1, 0.15) is 17.3 Å². The molecule has 0 bridgehead atoms. The van der Waals surface area contributed by atoms with Crippen LogP contribution in [0.2, 0.25) is 10.0 Å². The first-order valence-corrected chi connectivity index (χ1v) is 8.19. The summed E-state index contributed by atoms with van der Waals surface area (Å²) in [6.45, 7) is 1.11. The van der Waals surface area contributed by atoms with Crippen LogP contribution in [0.4, 0.5) is 4.39 Å². The van der Waals surface area contributed by atoms with Gasteiger partial charge in [0, 0.05) is 5.02 Å². The zero-order chi connectivity index (χ0) is 19.1. The maximum atomic E-state index is 12.8. The summed E-state index contributed by atoms with van der Waals surface area (Å²) >= 11 is 11.7. The van der Waals surface area contributed by atoms with Crippen molar-refractivity contribution in [1.82, 2.24) is 10.9 Å². The lowest BCUT2D eigenvalue weighted by molar-refractivity contribution is -0.133. The molecular weight excluding hydrogens is 386 g/mol. The summed E-state index contributed by atoms with van der Waals surface area (Å²) in [5, 5.41) is 0.699. The molecule has 0 aliphatic heterocycles. The van der Waals surface area contributed by atoms with Crippen LogP contribution in [0.15, 0.2) is 42.5 Å². The highest BCUT2D eigenvalue weighted by Gasteiger charge is 2.16. The number of hydrogen-bond donors (Lipinski definition) is 2. The van der Waals surface area contributed by atoms with Gasteiger partial charge < -0.3 is 9.47 Å². The van der Waals surface area contributed by atoms with E-state index in [1.165, 1.54) is 43.3 Å². The second-order valence-electron chi connectivity index (χ2n) is 5.11. The summed E-state index contributed by atoms with van der Waals surface area (Å²) in [5.41, 5.74) is 4.39. The highest BCUT2D eigenvalue weighted by molar-refractivity contribution is 6.35. The summed E-state index contributed by atoms with van der Waals surface area (Å²) in [6.07, 6.45) is -0.910. The van der Waals surface area contributed by atoms with E-state index < -0.39 is 23.7 Å². The predicted octanol–water partition coefficient (Wildman–Crippen LogP) is 3.13. The summed E-state index contributed by atoms with van der Waals surface area (Å²) < 4.78 is 23.4. The summed E-state index contributed by atoms with van der Waals surface area (Å²) in [6, 6.07) is 9.77. The second-order valence-corrected chi connectivity index (χ2v) is 5.96. The Hall–Kier alpha value is -2.51. The zero-order valence-electron chi connectivity index (χ0n) is 13.6. The van der Waals surface area contributed by atoms with E-state index in [0.29, 0.717) is 10.8 Å². The third-order valence-electron chi connectivity index (χ3n) is 3.07. The highest BCUT2D eigenvalue weighted by Crippen LogP contribution is 2.27. The molecule has 6 nitrogen and oxygen atoms in total. The Kier molecular flexibility index (Phi) is 7.06. The Balaban J connectivity index is 1.75. The van der Waals surface area contributed by atoms with Crippen molar-refractivity contribution in [2.75, 3.05) is 6.61 Å². The average Bonchev–Trinajstić information content (AvgIpc) is 2.60. The van der Waals surface area contributed by atoms with Gasteiger partial charge in [-0.15, -0.1) is 0 Å². The number of halogens is 3. The molecule has 2 amide bonds. The van der Waals surface area contributed by atoms with Crippen LogP contribution < -0.4 is 20.3 Å². The molecule has 2 rings (SSSR count). The lowest BCUT2D eigenvalue weighted by Crippen LogP contribution is -2.48. The number of benzene rings is 2. The van der Waals surface area contributed by atoms with E-state index in [9.17, 15) is 14.0 Å². The van der Waals surface area contributed by atoms with Crippen molar-refractivity contribution in [2.24, 2.45) is 0 Å². The Labute approximate surface area is 159 Å².